The van der Waals surface area contributed by atoms with Gasteiger partial charge < -0.3 is 0 Å². The number of hydrogen-bond donors (Lipinski definition) is 0. The third-order valence-electron chi connectivity index (χ3n) is 24.9. The van der Waals surface area contributed by atoms with Crippen molar-refractivity contribution in [1.82, 2.24) is 0 Å². The second kappa shape index (κ2) is 5.66. The molecule has 68 heavy (non-hydrogen) atoms. The normalized spacial score (nSPS) is 21.0. The summed E-state index contributed by atoms with van der Waals surface area (Å²) < 4.78 is 0. The van der Waals surface area contributed by atoms with E-state index in [-0.39, 0.29) is 11.3 Å². The molecule has 0 bridgehead atoms. The van der Waals surface area contributed by atoms with Crippen molar-refractivity contribution in [3.8, 4) is 0 Å². The lowest BCUT2D eigenvalue weighted by molar-refractivity contribution is 0.562. The zero-order valence-corrected chi connectivity index (χ0v) is 35.1. The molecule has 0 aliphatic heterocycles. The van der Waals surface area contributed by atoms with Crippen LogP contribution in [0.15, 0.2) is 24.3 Å². The molecule has 0 saturated heterocycles. The molecule has 4 aliphatic rings. The minimum absolute atomic E-state index is 0.251. The van der Waals surface area contributed by atoms with Crippen molar-refractivity contribution >= 4 is 291 Å². The van der Waals surface area contributed by atoms with Gasteiger partial charge in [0.1, 0.15) is 0 Å². The van der Waals surface area contributed by atoms with Crippen molar-refractivity contribution in [2.24, 2.45) is 0 Å². The van der Waals surface area contributed by atoms with Crippen molar-refractivity contribution in [2.45, 2.75) is 24.7 Å². The predicted octanol–water partition coefficient (Wildman–Crippen LogP) is 18.8. The number of benzene rings is 19. The van der Waals surface area contributed by atoms with Gasteiger partial charge in [-0.15, -0.1) is 0 Å². The van der Waals surface area contributed by atoms with E-state index in [1.165, 1.54) is 0 Å². The summed E-state index contributed by atoms with van der Waals surface area (Å²) in [6, 6.07) is 10.0. The minimum Gasteiger partial charge on any atom is -0.0620 e. The Morgan fingerprint density at radius 1 is 0.250 bits per heavy atom. The Hall–Kier alpha value is -8.32. The van der Waals surface area contributed by atoms with Gasteiger partial charge in [-0.1, -0.05) is 31.2 Å². The summed E-state index contributed by atoms with van der Waals surface area (Å²) in [5, 5.41) is 90.4. The molecule has 0 nitrogen and oxygen atoms in total. The first-order valence-electron chi connectivity index (χ1n) is 25.8. The van der Waals surface area contributed by atoms with Crippen LogP contribution < -0.4 is 0 Å². The molecule has 4 aliphatic carbocycles. The van der Waals surface area contributed by atoms with E-state index in [0.29, 0.717) is 0 Å². The maximum absolute atomic E-state index is 2.67. The molecule has 0 amide bonds. The van der Waals surface area contributed by atoms with Crippen molar-refractivity contribution in [3.63, 3.8) is 0 Å². The van der Waals surface area contributed by atoms with E-state index in [1.807, 2.05) is 0 Å². The zero-order valence-electron chi connectivity index (χ0n) is 35.1. The van der Waals surface area contributed by atoms with Crippen LogP contribution in [0.3, 0.4) is 0 Å². The molecule has 33 rings (SSSR count). The Morgan fingerprint density at radius 2 is 0.441 bits per heavy atom. The third kappa shape index (κ3) is 1.31. The molecule has 0 spiro atoms. The van der Waals surface area contributed by atoms with Gasteiger partial charge in [0, 0.05) is 5.92 Å². The largest absolute Gasteiger partial charge is 0.0620 e. The quantitative estimate of drug-likeness (QED) is 0.152. The summed E-state index contributed by atoms with van der Waals surface area (Å²) >= 11 is 0. The van der Waals surface area contributed by atoms with Crippen molar-refractivity contribution in [2.75, 3.05) is 0 Å². The van der Waals surface area contributed by atoms with Crippen LogP contribution in [0.5, 0.6) is 0 Å². The molecule has 0 radical (unpaired) electrons. The highest BCUT2D eigenvalue weighted by atomic mass is 14.6. The fourth-order valence-corrected chi connectivity index (χ4v) is 24.8. The average Bonchev–Trinajstić information content (AvgIpc) is 4.30. The first-order valence-corrected chi connectivity index (χ1v) is 25.8. The number of hydrogen-bond acceptors (Lipinski definition) is 0. The van der Waals surface area contributed by atoms with Gasteiger partial charge in [0.15, 0.2) is 0 Å². The molecular formula is C68H10. The Bertz CT molecular complexity index is 7050. The van der Waals surface area contributed by atoms with E-state index in [2.05, 4.69) is 31.2 Å². The molecule has 0 N–H and O–H groups in total. The average molecular weight is 827 g/mol. The molecule has 282 valence electrons. The first-order chi connectivity index (χ1) is 33.9. The predicted molar refractivity (Wildman–Crippen MR) is 290 cm³/mol. The Balaban J connectivity index is 1.23. The highest BCUT2D eigenvalue weighted by Crippen LogP contribution is 2.84. The molecule has 0 heteroatoms. The van der Waals surface area contributed by atoms with Crippen LogP contribution in [0.4, 0.5) is 0 Å². The molecule has 0 heterocycles. The van der Waals surface area contributed by atoms with Gasteiger partial charge in [-0.25, -0.2) is 0 Å². The van der Waals surface area contributed by atoms with E-state index in [4.69, 9.17) is 0 Å². The Labute approximate surface area is 371 Å². The van der Waals surface area contributed by atoms with E-state index in [1.54, 1.807) is 324 Å². The summed E-state index contributed by atoms with van der Waals surface area (Å²) in [6.45, 7) is 2.46. The summed E-state index contributed by atoms with van der Waals surface area (Å²) in [7, 11) is 0. The summed E-state index contributed by atoms with van der Waals surface area (Å²) in [4.78, 5) is 0. The standard InChI is InChI=1S/C68H10/c1-2-7-5-3-4-6-8(7)68-65-61-55-41-33-25-13-10-9-11-14(13)26-28-24-18(11)20-16-12(9)15-19-17(10)23-27(25)39(41)47-45-31(23)29(19)37-35-21(15)22(16)36-38-30(20)32(24)46-48-40(28)42(34(26)33)56(55)62(65)58(48)60-52(46)50(38)54-44(36)43(35)53-49(37)51(45)59(57(47)61)66(68)63(53)64(54)67(60)68/h3-6,65H,2H2,1H3. The lowest BCUT2D eigenvalue weighted by Gasteiger charge is -2.46. The van der Waals surface area contributed by atoms with Gasteiger partial charge in [0.05, 0.1) is 5.41 Å². The van der Waals surface area contributed by atoms with Gasteiger partial charge in [-0.2, -0.15) is 0 Å². The second-order valence-electron chi connectivity index (χ2n) is 25.1. The van der Waals surface area contributed by atoms with Crippen molar-refractivity contribution in [3.05, 3.63) is 57.6 Å². The molecule has 0 unspecified atom stereocenters. The Morgan fingerprint density at radius 3 is 0.691 bits per heavy atom. The second-order valence-corrected chi connectivity index (χ2v) is 25.1. The van der Waals surface area contributed by atoms with E-state index in [9.17, 15) is 0 Å². The SMILES string of the molecule is CCc1ccccc1C12c3c4c5c6c7c8c(c9c%10c1c1c3c3c%11c4c4c5c5c7c7c%12c8c8c9c9c%10c%10c1c1c3c3c%11c%11c4c4c5c7c5c7c%12c8c8c9c9c%10c1c1c3c3c%11c4c5c4c7c8c9c1c34)C62. The maximum Gasteiger partial charge on any atom is 0.0589 e. The van der Waals surface area contributed by atoms with Crippen molar-refractivity contribution in [1.29, 1.82) is 0 Å². The summed E-state index contributed by atoms with van der Waals surface area (Å²) in [5.74, 6) is 0.251. The van der Waals surface area contributed by atoms with Gasteiger partial charge in [-0.3, -0.25) is 0 Å². The van der Waals surface area contributed by atoms with Crippen molar-refractivity contribution < 1.29 is 0 Å². The van der Waals surface area contributed by atoms with E-state index >= 15 is 0 Å². The monoisotopic (exact) mass is 826 g/mol. The summed E-state index contributed by atoms with van der Waals surface area (Å²) in [5.41, 5.74) is 9.89. The highest BCUT2D eigenvalue weighted by Gasteiger charge is 2.64. The van der Waals surface area contributed by atoms with Crippen LogP contribution >= 0.6 is 0 Å². The Kier molecular flexibility index (Phi) is 2.08. The van der Waals surface area contributed by atoms with Crippen LogP contribution in [0.1, 0.15) is 46.2 Å². The lowest BCUT2D eigenvalue weighted by atomic mass is 9.54. The van der Waals surface area contributed by atoms with Gasteiger partial charge >= 0.3 is 0 Å². The van der Waals surface area contributed by atoms with Crippen LogP contribution in [-0.2, 0) is 11.8 Å². The third-order valence-corrected chi connectivity index (χ3v) is 24.9. The van der Waals surface area contributed by atoms with Gasteiger partial charge in [0.25, 0.3) is 0 Å². The topological polar surface area (TPSA) is 0 Å². The molecule has 0 atom stereocenters. The minimum atomic E-state index is -0.308. The van der Waals surface area contributed by atoms with Gasteiger partial charge in [0.2, 0.25) is 0 Å². The molecule has 0 saturated carbocycles. The molecule has 29 aromatic carbocycles. The molecular weight excluding hydrogens is 817 g/mol. The number of aryl methyl sites for hydroxylation is 1. The fourth-order valence-electron chi connectivity index (χ4n) is 24.8. The van der Waals surface area contributed by atoms with Crippen LogP contribution in [0.2, 0.25) is 0 Å². The van der Waals surface area contributed by atoms with Crippen LogP contribution in [0, 0.1) is 0 Å². The fraction of sp³-hybridized carbons (Fsp3) is 0.0588. The molecule has 0 aromatic heterocycles. The van der Waals surface area contributed by atoms with E-state index < -0.39 is 0 Å². The highest BCUT2D eigenvalue weighted by molar-refractivity contribution is 6.82. The first kappa shape index (κ1) is 25.0. The van der Waals surface area contributed by atoms with Crippen LogP contribution in [-0.4, -0.2) is 0 Å². The number of rotatable bonds is 2. The zero-order chi connectivity index (χ0) is 40.3. The van der Waals surface area contributed by atoms with Gasteiger partial charge in [-0.05, 0) is 331 Å². The van der Waals surface area contributed by atoms with Crippen LogP contribution in [0.25, 0.3) is 291 Å². The smallest absolute Gasteiger partial charge is 0.0589 e. The maximum atomic E-state index is 2.67. The van der Waals surface area contributed by atoms with E-state index in [0.717, 1.165) is 6.42 Å². The molecule has 0 fully saturated rings. The summed E-state index contributed by atoms with van der Waals surface area (Å²) in [6.07, 6.45) is 1.05. The lowest BCUT2D eigenvalue weighted by Crippen LogP contribution is -2.39. The molecule has 29 aromatic rings.